The number of carbonyl (C=O) groups is 1. The van der Waals surface area contributed by atoms with Gasteiger partial charge in [0.05, 0.1) is 11.6 Å². The molecule has 2 aromatic rings. The molecule has 2 rings (SSSR count). The van der Waals surface area contributed by atoms with Crippen molar-refractivity contribution < 1.29 is 22.4 Å². The van der Waals surface area contributed by atoms with Gasteiger partial charge in [0.1, 0.15) is 6.26 Å². The predicted octanol–water partition coefficient (Wildman–Crippen LogP) is 3.67. The molecule has 0 aliphatic heterocycles. The molecule has 0 saturated heterocycles. The predicted molar refractivity (Wildman–Crippen MR) is 85.5 cm³/mol. The summed E-state index contributed by atoms with van der Waals surface area (Å²) >= 11 is 0. The molecule has 8 heteroatoms. The number of alkyl halides is 3. The Morgan fingerprint density at radius 1 is 1.32 bits per heavy atom. The van der Waals surface area contributed by atoms with E-state index < -0.39 is 23.7 Å². The van der Waals surface area contributed by atoms with Gasteiger partial charge < -0.3 is 15.5 Å². The molecule has 1 aromatic carbocycles. The Bertz CT molecular complexity index is 711. The summed E-state index contributed by atoms with van der Waals surface area (Å²) in [5.41, 5.74) is 5.89. The van der Waals surface area contributed by atoms with Crippen LogP contribution in [0.1, 0.15) is 53.8 Å². The Balaban J connectivity index is 1.95. The van der Waals surface area contributed by atoms with Crippen LogP contribution in [0.25, 0.3) is 0 Å². The third-order valence-electron chi connectivity index (χ3n) is 4.03. The number of nitrogens with two attached hydrogens (primary N) is 1. The van der Waals surface area contributed by atoms with Crippen molar-refractivity contribution in [2.45, 2.75) is 39.0 Å². The molecule has 136 valence electrons. The van der Waals surface area contributed by atoms with E-state index in [9.17, 15) is 18.0 Å². The Morgan fingerprint density at radius 2 is 1.96 bits per heavy atom. The van der Waals surface area contributed by atoms with Crippen LogP contribution in [0.5, 0.6) is 0 Å². The molecule has 1 aromatic heterocycles. The number of amides is 1. The van der Waals surface area contributed by atoms with E-state index in [4.69, 9.17) is 10.2 Å². The second-order valence-electron chi connectivity index (χ2n) is 5.86. The summed E-state index contributed by atoms with van der Waals surface area (Å²) in [6.45, 7) is 4.03. The number of hydrogen-bond donors (Lipinski definition) is 2. The minimum atomic E-state index is -4.38. The Kier molecular flexibility index (Phi) is 5.84. The third kappa shape index (κ3) is 4.82. The second kappa shape index (κ2) is 7.69. The van der Waals surface area contributed by atoms with E-state index in [0.717, 1.165) is 18.6 Å². The number of carbonyl (C=O) groups excluding carboxylic acids is 1. The van der Waals surface area contributed by atoms with Crippen LogP contribution in [-0.2, 0) is 12.7 Å². The highest BCUT2D eigenvalue weighted by atomic mass is 19.4. The number of oxazole rings is 1. The zero-order chi connectivity index (χ0) is 18.6. The van der Waals surface area contributed by atoms with E-state index in [1.165, 1.54) is 18.4 Å². The zero-order valence-corrected chi connectivity index (χ0v) is 13.9. The molecule has 25 heavy (non-hydrogen) atoms. The number of rotatable bonds is 6. The lowest BCUT2D eigenvalue weighted by Crippen LogP contribution is -2.24. The fourth-order valence-electron chi connectivity index (χ4n) is 2.13. The molecule has 0 radical (unpaired) electrons. The lowest BCUT2D eigenvalue weighted by atomic mass is 10.0. The van der Waals surface area contributed by atoms with E-state index in [1.807, 2.05) is 13.8 Å². The number of benzene rings is 1. The monoisotopic (exact) mass is 355 g/mol. The van der Waals surface area contributed by atoms with Crippen LogP contribution in [0.3, 0.4) is 0 Å². The Hall–Kier alpha value is -2.35. The highest BCUT2D eigenvalue weighted by molar-refractivity contribution is 5.91. The maximum atomic E-state index is 12.5. The standard InChI is InChI=1S/C17H20F3N3O2/c1-3-10(2)14(21)16-23-13(9-25-16)15(24)22-8-11-4-6-12(7-5-11)17(18,19)20/h4-7,9-10,14H,3,8,21H2,1-2H3,(H,22,24). The normalized spacial score (nSPS) is 14.2. The minimum Gasteiger partial charge on any atom is -0.446 e. The lowest BCUT2D eigenvalue weighted by molar-refractivity contribution is -0.137. The smallest absolute Gasteiger partial charge is 0.416 e. The fraction of sp³-hybridized carbons (Fsp3) is 0.412. The molecule has 1 heterocycles. The summed E-state index contributed by atoms with van der Waals surface area (Å²) in [5, 5.41) is 2.59. The number of halogens is 3. The van der Waals surface area contributed by atoms with Gasteiger partial charge >= 0.3 is 6.18 Å². The van der Waals surface area contributed by atoms with E-state index in [1.54, 1.807) is 0 Å². The third-order valence-corrected chi connectivity index (χ3v) is 4.03. The topological polar surface area (TPSA) is 81.1 Å². The van der Waals surface area contributed by atoms with Crippen LogP contribution < -0.4 is 11.1 Å². The van der Waals surface area contributed by atoms with Gasteiger partial charge in [-0.1, -0.05) is 32.4 Å². The molecule has 0 aliphatic carbocycles. The first-order valence-electron chi connectivity index (χ1n) is 7.87. The van der Waals surface area contributed by atoms with Gasteiger partial charge in [0.25, 0.3) is 5.91 Å². The van der Waals surface area contributed by atoms with Crippen molar-refractivity contribution in [3.63, 3.8) is 0 Å². The van der Waals surface area contributed by atoms with Gasteiger partial charge in [-0.2, -0.15) is 13.2 Å². The summed E-state index contributed by atoms with van der Waals surface area (Å²) < 4.78 is 42.8. The number of hydrogen-bond acceptors (Lipinski definition) is 4. The highest BCUT2D eigenvalue weighted by Crippen LogP contribution is 2.29. The van der Waals surface area contributed by atoms with Crippen molar-refractivity contribution in [2.75, 3.05) is 0 Å². The van der Waals surface area contributed by atoms with Gasteiger partial charge in [0.2, 0.25) is 5.89 Å². The second-order valence-corrected chi connectivity index (χ2v) is 5.86. The largest absolute Gasteiger partial charge is 0.446 e. The molecule has 3 N–H and O–H groups in total. The molecule has 0 saturated carbocycles. The van der Waals surface area contributed by atoms with Gasteiger partial charge in [0.15, 0.2) is 5.69 Å². The Labute approximate surface area is 143 Å². The van der Waals surface area contributed by atoms with Crippen LogP contribution in [-0.4, -0.2) is 10.9 Å². The van der Waals surface area contributed by atoms with Gasteiger partial charge in [-0.05, 0) is 23.6 Å². The fourth-order valence-corrected chi connectivity index (χ4v) is 2.13. The SMILES string of the molecule is CCC(C)C(N)c1nc(C(=O)NCc2ccc(C(F)(F)F)cc2)co1. The maximum Gasteiger partial charge on any atom is 0.416 e. The van der Waals surface area contributed by atoms with E-state index in [-0.39, 0.29) is 24.0 Å². The van der Waals surface area contributed by atoms with E-state index >= 15 is 0 Å². The van der Waals surface area contributed by atoms with Crippen molar-refractivity contribution >= 4 is 5.91 Å². The van der Waals surface area contributed by atoms with Crippen molar-refractivity contribution in [1.82, 2.24) is 10.3 Å². The van der Waals surface area contributed by atoms with Crippen molar-refractivity contribution in [1.29, 1.82) is 0 Å². The molecule has 5 nitrogen and oxygen atoms in total. The number of nitrogens with one attached hydrogen (secondary N) is 1. The van der Waals surface area contributed by atoms with Gasteiger partial charge in [-0.25, -0.2) is 4.98 Å². The first kappa shape index (κ1) is 19.0. The molecule has 2 unspecified atom stereocenters. The van der Waals surface area contributed by atoms with E-state index in [0.29, 0.717) is 5.56 Å². The molecule has 0 fully saturated rings. The summed E-state index contributed by atoms with van der Waals surface area (Å²) in [6, 6.07) is 4.18. The maximum absolute atomic E-state index is 12.5. The summed E-state index contributed by atoms with van der Waals surface area (Å²) in [4.78, 5) is 16.2. The first-order valence-corrected chi connectivity index (χ1v) is 7.87. The van der Waals surface area contributed by atoms with Gasteiger partial charge in [-0.3, -0.25) is 4.79 Å². The molecule has 2 atom stereocenters. The minimum absolute atomic E-state index is 0.0799. The molecule has 1 amide bonds. The van der Waals surface area contributed by atoms with Crippen LogP contribution in [0.4, 0.5) is 13.2 Å². The first-order chi connectivity index (χ1) is 11.7. The van der Waals surface area contributed by atoms with Crippen LogP contribution in [0, 0.1) is 5.92 Å². The summed E-state index contributed by atoms with van der Waals surface area (Å²) in [6.07, 6.45) is -2.31. The quantitative estimate of drug-likeness (QED) is 0.828. The van der Waals surface area contributed by atoms with E-state index in [2.05, 4.69) is 10.3 Å². The van der Waals surface area contributed by atoms with Crippen LogP contribution in [0.2, 0.25) is 0 Å². The van der Waals surface area contributed by atoms with Crippen LogP contribution in [0.15, 0.2) is 34.9 Å². The highest BCUT2D eigenvalue weighted by Gasteiger charge is 2.29. The number of nitrogens with zero attached hydrogens (tertiary/aromatic N) is 1. The molecular formula is C17H20F3N3O2. The Morgan fingerprint density at radius 3 is 2.52 bits per heavy atom. The molecular weight excluding hydrogens is 335 g/mol. The average molecular weight is 355 g/mol. The lowest BCUT2D eigenvalue weighted by Gasteiger charge is -2.13. The van der Waals surface area contributed by atoms with Gasteiger partial charge in [0, 0.05) is 6.54 Å². The van der Waals surface area contributed by atoms with Crippen LogP contribution >= 0.6 is 0 Å². The molecule has 0 aliphatic rings. The summed E-state index contributed by atoms with van der Waals surface area (Å²) in [7, 11) is 0. The van der Waals surface area contributed by atoms with Crippen molar-refractivity contribution in [3.05, 3.63) is 53.2 Å². The van der Waals surface area contributed by atoms with Gasteiger partial charge in [-0.15, -0.1) is 0 Å². The molecule has 0 spiro atoms. The summed E-state index contributed by atoms with van der Waals surface area (Å²) in [5.74, 6) is -0.0398. The molecule has 0 bridgehead atoms. The zero-order valence-electron chi connectivity index (χ0n) is 13.9. The van der Waals surface area contributed by atoms with Crippen molar-refractivity contribution in [2.24, 2.45) is 11.7 Å². The van der Waals surface area contributed by atoms with Crippen molar-refractivity contribution in [3.8, 4) is 0 Å². The number of aromatic nitrogens is 1. The average Bonchev–Trinajstić information content (AvgIpc) is 3.08.